The second-order valence-electron chi connectivity index (χ2n) is 4.94. The van der Waals surface area contributed by atoms with Gasteiger partial charge in [-0.3, -0.25) is 0 Å². The Balaban J connectivity index is 2.18. The molecule has 0 spiro atoms. The zero-order valence-corrected chi connectivity index (χ0v) is 11.9. The third-order valence-electron chi connectivity index (χ3n) is 3.90. The SMILES string of the molecule is Cc1c(CCN)c2c(O)c3c4c(c2n1C)OP(=O)(O3)O4. The van der Waals surface area contributed by atoms with E-state index in [1.165, 1.54) is 0 Å². The molecule has 2 aromatic rings. The highest BCUT2D eigenvalue weighted by molar-refractivity contribution is 7.50. The number of phenols is 1. The second kappa shape index (κ2) is 3.42. The molecule has 106 valence electrons. The molecule has 2 bridgehead atoms. The van der Waals surface area contributed by atoms with Crippen LogP contribution in [0, 0.1) is 6.92 Å². The predicted molar refractivity (Wildman–Crippen MR) is 71.6 cm³/mol. The largest absolute Gasteiger partial charge is 0.647 e. The summed E-state index contributed by atoms with van der Waals surface area (Å²) in [5.74, 6) is 0.632. The van der Waals surface area contributed by atoms with Crippen LogP contribution in [0.5, 0.6) is 23.0 Å². The summed E-state index contributed by atoms with van der Waals surface area (Å²) in [4.78, 5) is 0. The van der Waals surface area contributed by atoms with Crippen LogP contribution in [0.25, 0.3) is 10.9 Å². The van der Waals surface area contributed by atoms with Crippen LogP contribution in [0.15, 0.2) is 0 Å². The molecule has 0 fully saturated rings. The van der Waals surface area contributed by atoms with Crippen molar-refractivity contribution in [2.45, 2.75) is 13.3 Å². The number of phenolic OH excluding ortho intramolecular Hbond substituents is 1. The summed E-state index contributed by atoms with van der Waals surface area (Å²) in [6.45, 7) is 2.40. The van der Waals surface area contributed by atoms with Crippen LogP contribution in [-0.2, 0) is 18.0 Å². The number of phosphoric ester groups is 1. The topological polar surface area (TPSA) is 95.9 Å². The van der Waals surface area contributed by atoms with E-state index in [-0.39, 0.29) is 17.2 Å². The molecule has 2 aliphatic rings. The maximum atomic E-state index is 12.0. The quantitative estimate of drug-likeness (QED) is 0.822. The minimum absolute atomic E-state index is 0.0630. The van der Waals surface area contributed by atoms with E-state index in [1.807, 2.05) is 18.5 Å². The average Bonchev–Trinajstić information content (AvgIpc) is 2.99. The van der Waals surface area contributed by atoms with Crippen molar-refractivity contribution in [3.63, 3.8) is 0 Å². The van der Waals surface area contributed by atoms with Gasteiger partial charge in [0.05, 0.1) is 10.9 Å². The van der Waals surface area contributed by atoms with E-state index in [0.717, 1.165) is 11.3 Å². The van der Waals surface area contributed by atoms with Gasteiger partial charge in [-0.05, 0) is 25.5 Å². The number of aromatic hydroxyl groups is 1. The molecule has 7 nitrogen and oxygen atoms in total. The van der Waals surface area contributed by atoms with Crippen LogP contribution in [0.4, 0.5) is 0 Å². The lowest BCUT2D eigenvalue weighted by Crippen LogP contribution is -2.04. The first-order valence-corrected chi connectivity index (χ1v) is 7.68. The van der Waals surface area contributed by atoms with E-state index in [1.54, 1.807) is 0 Å². The highest BCUT2D eigenvalue weighted by Gasteiger charge is 2.53. The van der Waals surface area contributed by atoms with Crippen LogP contribution < -0.4 is 19.3 Å². The first-order chi connectivity index (χ1) is 9.47. The van der Waals surface area contributed by atoms with Gasteiger partial charge in [0.15, 0.2) is 5.75 Å². The first kappa shape index (κ1) is 11.9. The molecule has 20 heavy (non-hydrogen) atoms. The molecule has 4 rings (SSSR count). The van der Waals surface area contributed by atoms with E-state index in [0.29, 0.717) is 29.6 Å². The summed E-state index contributed by atoms with van der Waals surface area (Å²) < 4.78 is 29.5. The maximum Gasteiger partial charge on any atom is 0.647 e. The molecule has 8 heteroatoms. The van der Waals surface area contributed by atoms with Gasteiger partial charge in [-0.1, -0.05) is 0 Å². The molecule has 0 radical (unpaired) electrons. The Hall–Kier alpha value is -1.85. The number of rotatable bonds is 2. The Morgan fingerprint density at radius 3 is 2.55 bits per heavy atom. The highest BCUT2D eigenvalue weighted by atomic mass is 31.2. The number of aromatic nitrogens is 1. The Bertz CT molecular complexity index is 826. The van der Waals surface area contributed by atoms with Crippen molar-refractivity contribution in [2.24, 2.45) is 12.8 Å². The summed E-state index contributed by atoms with van der Waals surface area (Å²) in [5, 5.41) is 11.1. The Kier molecular flexibility index (Phi) is 2.04. The molecule has 2 aliphatic heterocycles. The first-order valence-electron chi connectivity index (χ1n) is 6.22. The predicted octanol–water partition coefficient (Wildman–Crippen LogP) is 1.97. The Morgan fingerprint density at radius 2 is 1.90 bits per heavy atom. The molecule has 3 N–H and O–H groups in total. The van der Waals surface area contributed by atoms with Crippen molar-refractivity contribution in [3.05, 3.63) is 11.3 Å². The molecule has 1 atom stereocenters. The minimum atomic E-state index is -3.62. The normalized spacial score (nSPS) is 21.9. The lowest BCUT2D eigenvalue weighted by Gasteiger charge is -2.13. The van der Waals surface area contributed by atoms with Gasteiger partial charge in [0.1, 0.15) is 0 Å². The van der Waals surface area contributed by atoms with Gasteiger partial charge in [-0.2, -0.15) is 4.57 Å². The van der Waals surface area contributed by atoms with Crippen LogP contribution in [0.3, 0.4) is 0 Å². The number of hydrogen-bond acceptors (Lipinski definition) is 6. The van der Waals surface area contributed by atoms with Crippen LogP contribution >= 0.6 is 7.82 Å². The molecule has 1 aromatic heterocycles. The van der Waals surface area contributed by atoms with E-state index < -0.39 is 7.82 Å². The smallest absolute Gasteiger partial charge is 0.504 e. The number of fused-ring (bicyclic) bond motifs is 3. The summed E-state index contributed by atoms with van der Waals surface area (Å²) in [5.41, 5.74) is 8.19. The molecule has 1 unspecified atom stereocenters. The minimum Gasteiger partial charge on any atom is -0.504 e. The van der Waals surface area contributed by atoms with Gasteiger partial charge in [-0.15, -0.1) is 0 Å². The van der Waals surface area contributed by atoms with Crippen molar-refractivity contribution in [1.29, 1.82) is 0 Å². The lowest BCUT2D eigenvalue weighted by molar-refractivity contribution is 0.347. The van der Waals surface area contributed by atoms with Gasteiger partial charge in [0.2, 0.25) is 17.2 Å². The molecular formula is C12H13N2O5P. The van der Waals surface area contributed by atoms with Crippen molar-refractivity contribution in [2.75, 3.05) is 6.54 Å². The Labute approximate surface area is 114 Å². The van der Waals surface area contributed by atoms with Gasteiger partial charge in [0, 0.05) is 12.7 Å². The fourth-order valence-corrected chi connectivity index (χ4v) is 4.20. The molecule has 3 heterocycles. The van der Waals surface area contributed by atoms with E-state index in [9.17, 15) is 9.67 Å². The summed E-state index contributed by atoms with van der Waals surface area (Å²) in [6, 6.07) is 0. The van der Waals surface area contributed by atoms with Gasteiger partial charge >= 0.3 is 7.82 Å². The summed E-state index contributed by atoms with van der Waals surface area (Å²) >= 11 is 0. The number of nitrogens with zero attached hydrogens (tertiary/aromatic N) is 1. The fraction of sp³-hybridized carbons (Fsp3) is 0.333. The molecule has 0 saturated heterocycles. The zero-order chi connectivity index (χ0) is 14.2. The van der Waals surface area contributed by atoms with Crippen molar-refractivity contribution < 1.29 is 23.2 Å². The zero-order valence-electron chi connectivity index (χ0n) is 11.0. The fourth-order valence-electron chi connectivity index (χ4n) is 2.91. The monoisotopic (exact) mass is 296 g/mol. The molecule has 1 aromatic carbocycles. The molecule has 0 amide bonds. The van der Waals surface area contributed by atoms with Crippen molar-refractivity contribution in [1.82, 2.24) is 4.57 Å². The van der Waals surface area contributed by atoms with Crippen LogP contribution in [0.1, 0.15) is 11.3 Å². The number of hydrogen-bond donors (Lipinski definition) is 2. The van der Waals surface area contributed by atoms with Crippen molar-refractivity contribution >= 4 is 18.7 Å². The molecule has 0 aliphatic carbocycles. The van der Waals surface area contributed by atoms with Crippen molar-refractivity contribution in [3.8, 4) is 23.0 Å². The van der Waals surface area contributed by atoms with Crippen LogP contribution in [0.2, 0.25) is 0 Å². The number of phosphoric acid groups is 1. The lowest BCUT2D eigenvalue weighted by atomic mass is 10.1. The third kappa shape index (κ3) is 1.18. The number of benzene rings is 1. The van der Waals surface area contributed by atoms with E-state index in [2.05, 4.69) is 0 Å². The molecular weight excluding hydrogens is 283 g/mol. The number of aryl methyl sites for hydroxylation is 1. The Morgan fingerprint density at radius 1 is 1.25 bits per heavy atom. The second-order valence-corrected chi connectivity index (χ2v) is 6.38. The average molecular weight is 296 g/mol. The summed E-state index contributed by atoms with van der Waals surface area (Å²) in [6.07, 6.45) is 0.619. The van der Waals surface area contributed by atoms with Crippen LogP contribution in [-0.4, -0.2) is 16.2 Å². The third-order valence-corrected chi connectivity index (χ3v) is 5.12. The standard InChI is InChI=1S/C12H13N2O5P/c1-5-6(3-4-13)7-8(14(5)2)10-12-11(9(7)15)18-20(16,17-10)19-12/h15H,3-4,13H2,1-2H3. The van der Waals surface area contributed by atoms with E-state index in [4.69, 9.17) is 19.3 Å². The summed E-state index contributed by atoms with van der Waals surface area (Å²) in [7, 11) is -1.77. The van der Waals surface area contributed by atoms with Gasteiger partial charge in [0.25, 0.3) is 0 Å². The number of nitrogens with two attached hydrogens (primary N) is 1. The van der Waals surface area contributed by atoms with Gasteiger partial charge in [-0.25, -0.2) is 0 Å². The maximum absolute atomic E-state index is 12.0. The van der Waals surface area contributed by atoms with E-state index >= 15 is 0 Å². The molecule has 0 saturated carbocycles. The highest BCUT2D eigenvalue weighted by Crippen LogP contribution is 2.73. The van der Waals surface area contributed by atoms with Gasteiger partial charge < -0.3 is 29.0 Å².